The Morgan fingerprint density at radius 3 is 2.89 bits per heavy atom. The van der Waals surface area contributed by atoms with Crippen LogP contribution < -0.4 is 9.47 Å². The van der Waals surface area contributed by atoms with E-state index in [0.29, 0.717) is 37.8 Å². The molecule has 0 bridgehead atoms. The fourth-order valence-corrected chi connectivity index (χ4v) is 2.93. The van der Waals surface area contributed by atoms with E-state index in [1.54, 1.807) is 19.2 Å². The van der Waals surface area contributed by atoms with Crippen LogP contribution >= 0.6 is 0 Å². The lowest BCUT2D eigenvalue weighted by atomic mass is 10.3. The summed E-state index contributed by atoms with van der Waals surface area (Å²) in [6.07, 6.45) is 0. The second-order valence-corrected chi connectivity index (χ2v) is 5.98. The van der Waals surface area contributed by atoms with Gasteiger partial charge in [-0.15, -0.1) is 0 Å². The second kappa shape index (κ2) is 6.23. The molecule has 1 aromatic carbocycles. The quantitative estimate of drug-likeness (QED) is 0.797. The molecule has 0 amide bonds. The van der Waals surface area contributed by atoms with Gasteiger partial charge in [-0.3, -0.25) is 0 Å². The molecule has 2 rings (SSSR count). The summed E-state index contributed by atoms with van der Waals surface area (Å²) < 4.78 is 40.2. The molecule has 1 aliphatic rings. The van der Waals surface area contributed by atoms with Gasteiger partial charge in [0.05, 0.1) is 13.7 Å². The summed E-state index contributed by atoms with van der Waals surface area (Å²) in [5, 5.41) is 0. The van der Waals surface area contributed by atoms with Crippen molar-refractivity contribution in [1.29, 1.82) is 0 Å². The SMILES string of the molecule is COc1cccc(OCCN2CCOCS2(=O)=O)c1. The molecule has 106 valence electrons. The Bertz CT molecular complexity index is 517. The highest BCUT2D eigenvalue weighted by atomic mass is 32.2. The molecule has 6 nitrogen and oxygen atoms in total. The summed E-state index contributed by atoms with van der Waals surface area (Å²) in [7, 11) is -1.70. The topological polar surface area (TPSA) is 65.1 Å². The number of ether oxygens (including phenoxy) is 3. The number of hydrogen-bond acceptors (Lipinski definition) is 5. The summed E-state index contributed by atoms with van der Waals surface area (Å²) in [4.78, 5) is 0. The van der Waals surface area contributed by atoms with Crippen molar-refractivity contribution in [3.05, 3.63) is 24.3 Å². The van der Waals surface area contributed by atoms with Gasteiger partial charge in [0.25, 0.3) is 0 Å². The minimum Gasteiger partial charge on any atom is -0.497 e. The van der Waals surface area contributed by atoms with E-state index in [9.17, 15) is 8.42 Å². The largest absolute Gasteiger partial charge is 0.497 e. The predicted molar refractivity (Wildman–Crippen MR) is 69.8 cm³/mol. The lowest BCUT2D eigenvalue weighted by Gasteiger charge is -2.26. The van der Waals surface area contributed by atoms with Crippen LogP contribution in [0.15, 0.2) is 24.3 Å². The van der Waals surface area contributed by atoms with Crippen LogP contribution in [0.3, 0.4) is 0 Å². The van der Waals surface area contributed by atoms with E-state index < -0.39 is 10.0 Å². The van der Waals surface area contributed by atoms with Crippen LogP contribution in [0.5, 0.6) is 11.5 Å². The summed E-state index contributed by atoms with van der Waals surface area (Å²) in [6.45, 7) is 1.43. The van der Waals surface area contributed by atoms with Crippen LogP contribution in [-0.2, 0) is 14.8 Å². The van der Waals surface area contributed by atoms with Gasteiger partial charge in [-0.2, -0.15) is 4.31 Å². The van der Waals surface area contributed by atoms with E-state index in [2.05, 4.69) is 0 Å². The van der Waals surface area contributed by atoms with Crippen LogP contribution in [-0.4, -0.2) is 52.1 Å². The van der Waals surface area contributed by atoms with Crippen molar-refractivity contribution in [2.45, 2.75) is 0 Å². The first-order chi connectivity index (χ1) is 9.12. The number of methoxy groups -OCH3 is 1. The molecule has 1 aromatic rings. The summed E-state index contributed by atoms with van der Waals surface area (Å²) in [5.74, 6) is 1.12. The first-order valence-electron chi connectivity index (χ1n) is 5.94. The maximum absolute atomic E-state index is 11.6. The Kier molecular flexibility index (Phi) is 4.62. The van der Waals surface area contributed by atoms with E-state index in [1.165, 1.54) is 4.31 Å². The highest BCUT2D eigenvalue weighted by molar-refractivity contribution is 7.88. The first-order valence-corrected chi connectivity index (χ1v) is 7.55. The highest BCUT2D eigenvalue weighted by Crippen LogP contribution is 2.19. The lowest BCUT2D eigenvalue weighted by Crippen LogP contribution is -2.43. The van der Waals surface area contributed by atoms with Crippen molar-refractivity contribution >= 4 is 10.0 Å². The molecule has 1 heterocycles. The number of hydrogen-bond donors (Lipinski definition) is 0. The molecule has 0 saturated carbocycles. The van der Waals surface area contributed by atoms with E-state index in [1.807, 2.05) is 12.1 Å². The van der Waals surface area contributed by atoms with Crippen LogP contribution in [0.2, 0.25) is 0 Å². The first kappa shape index (κ1) is 14.1. The average molecular weight is 287 g/mol. The van der Waals surface area contributed by atoms with Gasteiger partial charge < -0.3 is 14.2 Å². The maximum atomic E-state index is 11.6. The third-order valence-electron chi connectivity index (χ3n) is 2.76. The Morgan fingerprint density at radius 2 is 2.16 bits per heavy atom. The van der Waals surface area contributed by atoms with Gasteiger partial charge in [0, 0.05) is 19.2 Å². The summed E-state index contributed by atoms with van der Waals surface area (Å²) in [5.41, 5.74) is 0. The molecule has 1 saturated heterocycles. The van der Waals surface area contributed by atoms with Gasteiger partial charge in [-0.1, -0.05) is 6.07 Å². The number of nitrogens with zero attached hydrogens (tertiary/aromatic N) is 1. The molecule has 0 atom stereocenters. The van der Waals surface area contributed by atoms with E-state index >= 15 is 0 Å². The number of rotatable bonds is 5. The fourth-order valence-electron chi connectivity index (χ4n) is 1.75. The number of sulfonamides is 1. The van der Waals surface area contributed by atoms with Crippen molar-refractivity contribution in [3.63, 3.8) is 0 Å². The van der Waals surface area contributed by atoms with E-state index in [0.717, 1.165) is 0 Å². The molecule has 1 fully saturated rings. The zero-order valence-corrected chi connectivity index (χ0v) is 11.6. The second-order valence-electron chi connectivity index (χ2n) is 4.06. The van der Waals surface area contributed by atoms with Crippen molar-refractivity contribution < 1.29 is 22.6 Å². The zero-order valence-electron chi connectivity index (χ0n) is 10.7. The van der Waals surface area contributed by atoms with E-state index in [-0.39, 0.29) is 5.94 Å². The smallest absolute Gasteiger partial charge is 0.238 e. The number of benzene rings is 1. The standard InChI is InChI=1S/C12H17NO5S/c1-16-11-3-2-4-12(9-11)18-8-6-13-5-7-17-10-19(13,14)15/h2-4,9H,5-8,10H2,1H3. The third-order valence-corrected chi connectivity index (χ3v) is 4.38. The lowest BCUT2D eigenvalue weighted by molar-refractivity contribution is 0.126. The van der Waals surface area contributed by atoms with Gasteiger partial charge in [0.2, 0.25) is 10.0 Å². The van der Waals surface area contributed by atoms with Crippen LogP contribution in [0.1, 0.15) is 0 Å². The van der Waals surface area contributed by atoms with Crippen LogP contribution in [0.25, 0.3) is 0 Å². The van der Waals surface area contributed by atoms with Gasteiger partial charge >= 0.3 is 0 Å². The Morgan fingerprint density at radius 1 is 1.37 bits per heavy atom. The van der Waals surface area contributed by atoms with Crippen molar-refractivity contribution in [2.75, 3.05) is 39.4 Å². The van der Waals surface area contributed by atoms with Crippen LogP contribution in [0, 0.1) is 0 Å². The Balaban J connectivity index is 1.85. The molecule has 0 aliphatic carbocycles. The fraction of sp³-hybridized carbons (Fsp3) is 0.500. The molecule has 0 aromatic heterocycles. The molecule has 1 aliphatic heterocycles. The third kappa shape index (κ3) is 3.82. The Hall–Kier alpha value is -1.31. The van der Waals surface area contributed by atoms with Crippen LogP contribution in [0.4, 0.5) is 0 Å². The summed E-state index contributed by atoms with van der Waals surface area (Å²) in [6, 6.07) is 7.20. The molecule has 0 unspecified atom stereocenters. The minimum absolute atomic E-state index is 0.244. The van der Waals surface area contributed by atoms with Crippen molar-refractivity contribution in [1.82, 2.24) is 4.31 Å². The Labute approximate surface area is 112 Å². The summed E-state index contributed by atoms with van der Waals surface area (Å²) >= 11 is 0. The predicted octanol–water partition coefficient (Wildman–Crippen LogP) is 0.693. The molecular formula is C12H17NO5S. The van der Waals surface area contributed by atoms with Crippen molar-refractivity contribution in [3.8, 4) is 11.5 Å². The monoisotopic (exact) mass is 287 g/mol. The minimum atomic E-state index is -3.28. The molecular weight excluding hydrogens is 270 g/mol. The van der Waals surface area contributed by atoms with Gasteiger partial charge in [0.1, 0.15) is 18.1 Å². The molecule has 0 N–H and O–H groups in total. The molecule has 19 heavy (non-hydrogen) atoms. The normalized spacial score (nSPS) is 19.0. The molecule has 0 radical (unpaired) electrons. The van der Waals surface area contributed by atoms with Gasteiger partial charge in [0.15, 0.2) is 5.94 Å². The van der Waals surface area contributed by atoms with Gasteiger partial charge in [-0.05, 0) is 12.1 Å². The van der Waals surface area contributed by atoms with E-state index in [4.69, 9.17) is 14.2 Å². The molecule has 0 spiro atoms. The maximum Gasteiger partial charge on any atom is 0.238 e. The highest BCUT2D eigenvalue weighted by Gasteiger charge is 2.25. The average Bonchev–Trinajstić information content (AvgIpc) is 2.41. The van der Waals surface area contributed by atoms with Crippen molar-refractivity contribution in [2.24, 2.45) is 0 Å². The van der Waals surface area contributed by atoms with Gasteiger partial charge in [-0.25, -0.2) is 8.42 Å². The zero-order chi connectivity index (χ0) is 13.7. The molecule has 7 heteroatoms.